The highest BCUT2D eigenvalue weighted by atomic mass is 16.6. The highest BCUT2D eigenvalue weighted by Gasteiger charge is 2.36. The fourth-order valence-electron chi connectivity index (χ4n) is 1.79. The summed E-state index contributed by atoms with van der Waals surface area (Å²) in [6, 6.07) is 0. The van der Waals surface area contributed by atoms with Crippen LogP contribution in [0.1, 0.15) is 34.1 Å². The molecule has 1 unspecified atom stereocenters. The fourth-order valence-corrected chi connectivity index (χ4v) is 1.79. The third-order valence-corrected chi connectivity index (χ3v) is 3.10. The number of aliphatic imine (C=N–C) groups is 3. The van der Waals surface area contributed by atoms with E-state index in [-0.39, 0.29) is 17.8 Å². The van der Waals surface area contributed by atoms with Crippen LogP contribution in [0.5, 0.6) is 0 Å². The number of ketones is 1. The van der Waals surface area contributed by atoms with Crippen LogP contribution in [0.15, 0.2) is 39.5 Å². The number of carbonyl (C=O) groups is 2. The number of esters is 1. The number of hydrogen-bond acceptors (Lipinski definition) is 7. The minimum Gasteiger partial charge on any atom is -0.455 e. The summed E-state index contributed by atoms with van der Waals surface area (Å²) in [7, 11) is 0. The Morgan fingerprint density at radius 3 is 1.92 bits per heavy atom. The highest BCUT2D eigenvalue weighted by molar-refractivity contribution is 6.01. The SMILES string of the molecule is C=NC(=C)C(=O)OC(C)(C)CC(N=C)OC(C)(C)C(=O)C(=C)N=C. The van der Waals surface area contributed by atoms with Crippen LogP contribution in [-0.2, 0) is 19.1 Å². The quantitative estimate of drug-likeness (QED) is 0.330. The molecule has 0 amide bonds. The van der Waals surface area contributed by atoms with Crippen molar-refractivity contribution in [3.63, 3.8) is 0 Å². The molecule has 0 radical (unpaired) electrons. The first-order valence-corrected chi connectivity index (χ1v) is 7.13. The average Bonchev–Trinajstić information content (AvgIpc) is 2.50. The van der Waals surface area contributed by atoms with Crippen molar-refractivity contribution >= 4 is 31.9 Å². The van der Waals surface area contributed by atoms with E-state index in [0.29, 0.717) is 0 Å². The van der Waals surface area contributed by atoms with Crippen LogP contribution in [0, 0.1) is 0 Å². The third-order valence-electron chi connectivity index (χ3n) is 3.10. The normalized spacial score (nSPS) is 12.7. The Hall–Kier alpha value is -2.41. The molecule has 0 saturated heterocycles. The molecule has 0 heterocycles. The van der Waals surface area contributed by atoms with E-state index in [4.69, 9.17) is 9.47 Å². The molecule has 1 atom stereocenters. The van der Waals surface area contributed by atoms with Gasteiger partial charge in [0.1, 0.15) is 22.6 Å². The van der Waals surface area contributed by atoms with Crippen LogP contribution in [0.3, 0.4) is 0 Å². The average molecular weight is 335 g/mol. The topological polar surface area (TPSA) is 89.7 Å². The lowest BCUT2D eigenvalue weighted by Gasteiger charge is -2.32. The molecule has 0 aliphatic heterocycles. The summed E-state index contributed by atoms with van der Waals surface area (Å²) in [5.41, 5.74) is -2.31. The van der Waals surface area contributed by atoms with E-state index in [9.17, 15) is 9.59 Å². The van der Waals surface area contributed by atoms with Crippen LogP contribution < -0.4 is 0 Å². The first kappa shape index (κ1) is 21.6. The van der Waals surface area contributed by atoms with Gasteiger partial charge in [0.15, 0.2) is 6.23 Å². The summed E-state index contributed by atoms with van der Waals surface area (Å²) in [4.78, 5) is 34.7. The Kier molecular flexibility index (Phi) is 7.60. The van der Waals surface area contributed by atoms with E-state index in [1.165, 1.54) is 0 Å². The molecule has 132 valence electrons. The van der Waals surface area contributed by atoms with Crippen molar-refractivity contribution in [3.05, 3.63) is 24.6 Å². The molecule has 0 saturated carbocycles. The monoisotopic (exact) mass is 335 g/mol. The zero-order valence-corrected chi connectivity index (χ0v) is 14.8. The van der Waals surface area contributed by atoms with E-state index in [1.54, 1.807) is 27.7 Å². The predicted molar refractivity (Wildman–Crippen MR) is 95.7 cm³/mol. The molecule has 0 fully saturated rings. The maximum atomic E-state index is 12.2. The van der Waals surface area contributed by atoms with Gasteiger partial charge in [0.05, 0.1) is 0 Å². The van der Waals surface area contributed by atoms with E-state index in [2.05, 4.69) is 48.3 Å². The van der Waals surface area contributed by atoms with Crippen molar-refractivity contribution in [2.45, 2.75) is 51.5 Å². The van der Waals surface area contributed by atoms with Crippen molar-refractivity contribution < 1.29 is 19.1 Å². The van der Waals surface area contributed by atoms with E-state index >= 15 is 0 Å². The lowest BCUT2D eigenvalue weighted by molar-refractivity contribution is -0.161. The van der Waals surface area contributed by atoms with Crippen LogP contribution in [-0.4, -0.2) is 49.3 Å². The first-order chi connectivity index (χ1) is 10.9. The van der Waals surface area contributed by atoms with Crippen LogP contribution in [0.25, 0.3) is 0 Å². The maximum Gasteiger partial charge on any atom is 0.356 e. The number of carbonyl (C=O) groups excluding carboxylic acids is 2. The van der Waals surface area contributed by atoms with Gasteiger partial charge in [-0.25, -0.2) is 4.79 Å². The van der Waals surface area contributed by atoms with Gasteiger partial charge in [-0.15, -0.1) is 0 Å². The van der Waals surface area contributed by atoms with Gasteiger partial charge in [-0.1, -0.05) is 13.2 Å². The zero-order chi connectivity index (χ0) is 19.1. The standard InChI is InChI=1S/C17H25N3O4/c1-11(18-7)14(21)17(5,6)23-13(20-9)10-16(3,4)24-15(22)12(2)19-8/h13H,1-2,7-10H2,3-6H3. The maximum absolute atomic E-state index is 12.2. The summed E-state index contributed by atoms with van der Waals surface area (Å²) >= 11 is 0. The van der Waals surface area contributed by atoms with E-state index < -0.39 is 29.2 Å². The van der Waals surface area contributed by atoms with Crippen LogP contribution in [0.4, 0.5) is 0 Å². The summed E-state index contributed by atoms with van der Waals surface area (Å²) in [5, 5.41) is 0. The predicted octanol–water partition coefficient (Wildman–Crippen LogP) is 2.52. The molecule has 0 aliphatic carbocycles. The minimum absolute atomic E-state index is 0.0122. The third kappa shape index (κ3) is 6.37. The summed E-state index contributed by atoms with van der Waals surface area (Å²) in [5.74, 6) is -1.12. The lowest BCUT2D eigenvalue weighted by Crippen LogP contribution is -2.42. The minimum atomic E-state index is -1.24. The molecule has 0 aliphatic rings. The largest absolute Gasteiger partial charge is 0.455 e. The summed E-state index contributed by atoms with van der Waals surface area (Å²) in [6.07, 6.45) is -0.633. The fraction of sp³-hybridized carbons (Fsp3) is 0.471. The summed E-state index contributed by atoms with van der Waals surface area (Å²) in [6.45, 7) is 23.3. The molecule has 24 heavy (non-hydrogen) atoms. The Morgan fingerprint density at radius 1 is 1.00 bits per heavy atom. The molecule has 0 aromatic rings. The van der Waals surface area contributed by atoms with Crippen molar-refractivity contribution in [1.82, 2.24) is 0 Å². The van der Waals surface area contributed by atoms with Crippen molar-refractivity contribution in [2.24, 2.45) is 15.0 Å². The first-order valence-electron chi connectivity index (χ1n) is 7.13. The molecular weight excluding hydrogens is 310 g/mol. The second kappa shape index (κ2) is 8.44. The Labute approximate surface area is 142 Å². The molecule has 0 aromatic heterocycles. The molecule has 0 bridgehead atoms. The van der Waals surface area contributed by atoms with E-state index in [1.807, 2.05) is 0 Å². The van der Waals surface area contributed by atoms with Gasteiger partial charge in [0.2, 0.25) is 5.78 Å². The lowest BCUT2D eigenvalue weighted by atomic mass is 9.99. The second-order valence-electron chi connectivity index (χ2n) is 6.16. The second-order valence-corrected chi connectivity index (χ2v) is 6.16. The summed E-state index contributed by atoms with van der Waals surface area (Å²) < 4.78 is 11.0. The van der Waals surface area contributed by atoms with Crippen LogP contribution in [0.2, 0.25) is 0 Å². The molecule has 7 nitrogen and oxygen atoms in total. The Balaban J connectivity index is 5.06. The molecular formula is C17H25N3O4. The molecule has 0 rings (SSSR count). The smallest absolute Gasteiger partial charge is 0.356 e. The van der Waals surface area contributed by atoms with Crippen molar-refractivity contribution in [1.29, 1.82) is 0 Å². The molecule has 0 spiro atoms. The van der Waals surface area contributed by atoms with Crippen molar-refractivity contribution in [2.75, 3.05) is 0 Å². The number of rotatable bonds is 11. The van der Waals surface area contributed by atoms with Crippen molar-refractivity contribution in [3.8, 4) is 0 Å². The van der Waals surface area contributed by atoms with Gasteiger partial charge in [-0.2, -0.15) is 0 Å². The zero-order valence-electron chi connectivity index (χ0n) is 14.8. The molecule has 0 aromatic carbocycles. The number of hydrogen-bond donors (Lipinski definition) is 0. The van der Waals surface area contributed by atoms with Gasteiger partial charge in [-0.05, 0) is 47.8 Å². The van der Waals surface area contributed by atoms with Gasteiger partial charge < -0.3 is 9.47 Å². The Bertz CT molecular complexity index is 576. The number of ether oxygens (including phenoxy) is 2. The van der Waals surface area contributed by atoms with Gasteiger partial charge in [-0.3, -0.25) is 19.8 Å². The number of Topliss-reactive ketones (excluding diaryl/α,β-unsaturated/α-hetero) is 1. The van der Waals surface area contributed by atoms with E-state index in [0.717, 1.165) is 0 Å². The van der Waals surface area contributed by atoms with Gasteiger partial charge in [0, 0.05) is 6.42 Å². The number of nitrogens with zero attached hydrogens (tertiary/aromatic N) is 3. The Morgan fingerprint density at radius 2 is 1.50 bits per heavy atom. The molecule has 0 N–H and O–H groups in total. The van der Waals surface area contributed by atoms with Crippen LogP contribution >= 0.6 is 0 Å². The molecule has 7 heteroatoms. The highest BCUT2D eigenvalue weighted by Crippen LogP contribution is 2.25. The van der Waals surface area contributed by atoms with Gasteiger partial charge in [0.25, 0.3) is 0 Å². The van der Waals surface area contributed by atoms with Gasteiger partial charge >= 0.3 is 5.97 Å².